The van der Waals surface area contributed by atoms with Crippen molar-refractivity contribution in [2.24, 2.45) is 0 Å². The summed E-state index contributed by atoms with van der Waals surface area (Å²) >= 11 is 0. The molecule has 1 fully saturated rings. The third-order valence-electron chi connectivity index (χ3n) is 3.62. The molecule has 2 rings (SSSR count). The van der Waals surface area contributed by atoms with Gasteiger partial charge in [0.15, 0.2) is 0 Å². The summed E-state index contributed by atoms with van der Waals surface area (Å²) in [4.78, 5) is 0.269. The molecular formula is C15H24N2O3S. The molecule has 1 aliphatic heterocycles. The second-order valence-corrected chi connectivity index (χ2v) is 7.02. The van der Waals surface area contributed by atoms with Gasteiger partial charge in [-0.1, -0.05) is 13.3 Å². The van der Waals surface area contributed by atoms with Crippen molar-refractivity contribution >= 4 is 10.0 Å². The van der Waals surface area contributed by atoms with Crippen LogP contribution in [0.25, 0.3) is 0 Å². The highest BCUT2D eigenvalue weighted by Crippen LogP contribution is 2.17. The lowest BCUT2D eigenvalue weighted by Crippen LogP contribution is -2.35. The number of ether oxygens (including phenoxy) is 1. The molecule has 5 nitrogen and oxygen atoms in total. The molecule has 0 radical (unpaired) electrons. The third-order valence-corrected chi connectivity index (χ3v) is 5.18. The maximum Gasteiger partial charge on any atom is 0.240 e. The van der Waals surface area contributed by atoms with Gasteiger partial charge in [0.1, 0.15) is 5.75 Å². The SMILES string of the molecule is CCNS(=O)(=O)c1ccc(OCCC2CCCCN2)cc1. The van der Waals surface area contributed by atoms with Gasteiger partial charge in [-0.15, -0.1) is 0 Å². The molecule has 2 N–H and O–H groups in total. The van der Waals surface area contributed by atoms with Gasteiger partial charge in [-0.05, 0) is 50.1 Å². The Morgan fingerprint density at radius 1 is 1.29 bits per heavy atom. The van der Waals surface area contributed by atoms with Crippen molar-refractivity contribution in [3.05, 3.63) is 24.3 Å². The highest BCUT2D eigenvalue weighted by molar-refractivity contribution is 7.89. The van der Waals surface area contributed by atoms with E-state index < -0.39 is 10.0 Å². The van der Waals surface area contributed by atoms with Gasteiger partial charge in [-0.3, -0.25) is 0 Å². The Labute approximate surface area is 127 Å². The predicted octanol–water partition coefficient (Wildman–Crippen LogP) is 1.90. The minimum absolute atomic E-state index is 0.269. The van der Waals surface area contributed by atoms with Crippen LogP contribution in [0, 0.1) is 0 Å². The zero-order chi connectivity index (χ0) is 15.1. The molecule has 1 aliphatic rings. The van der Waals surface area contributed by atoms with Crippen molar-refractivity contribution in [2.75, 3.05) is 19.7 Å². The number of hydrogen-bond acceptors (Lipinski definition) is 4. The number of benzene rings is 1. The quantitative estimate of drug-likeness (QED) is 0.807. The smallest absolute Gasteiger partial charge is 0.240 e. The first-order valence-corrected chi connectivity index (χ1v) is 9.06. The van der Waals surface area contributed by atoms with E-state index in [0.717, 1.165) is 13.0 Å². The zero-order valence-corrected chi connectivity index (χ0v) is 13.3. The van der Waals surface area contributed by atoms with E-state index in [4.69, 9.17) is 4.74 Å². The van der Waals surface area contributed by atoms with Gasteiger partial charge in [0, 0.05) is 12.6 Å². The third kappa shape index (κ3) is 4.98. The van der Waals surface area contributed by atoms with Crippen LogP contribution in [0.4, 0.5) is 0 Å². The van der Waals surface area contributed by atoms with E-state index >= 15 is 0 Å². The van der Waals surface area contributed by atoms with Crippen LogP contribution >= 0.6 is 0 Å². The van der Waals surface area contributed by atoms with Crippen LogP contribution in [0.2, 0.25) is 0 Å². The molecule has 0 amide bonds. The van der Waals surface area contributed by atoms with E-state index in [0.29, 0.717) is 24.9 Å². The van der Waals surface area contributed by atoms with Gasteiger partial charge in [0.25, 0.3) is 0 Å². The average Bonchev–Trinajstić information content (AvgIpc) is 2.49. The summed E-state index contributed by atoms with van der Waals surface area (Å²) in [6, 6.07) is 7.11. The fourth-order valence-corrected chi connectivity index (χ4v) is 3.52. The Hall–Kier alpha value is -1.11. The van der Waals surface area contributed by atoms with Crippen LogP contribution in [-0.2, 0) is 10.0 Å². The van der Waals surface area contributed by atoms with Crippen molar-refractivity contribution in [1.29, 1.82) is 0 Å². The minimum atomic E-state index is -3.38. The maximum absolute atomic E-state index is 11.8. The second kappa shape index (κ2) is 7.77. The molecule has 0 aromatic heterocycles. The fraction of sp³-hybridized carbons (Fsp3) is 0.600. The molecule has 0 bridgehead atoms. The van der Waals surface area contributed by atoms with Gasteiger partial charge in [-0.25, -0.2) is 13.1 Å². The lowest BCUT2D eigenvalue weighted by atomic mass is 10.0. The first-order valence-electron chi connectivity index (χ1n) is 7.58. The maximum atomic E-state index is 11.8. The van der Waals surface area contributed by atoms with Crippen LogP contribution in [0.15, 0.2) is 29.2 Å². The van der Waals surface area contributed by atoms with E-state index in [9.17, 15) is 8.42 Å². The van der Waals surface area contributed by atoms with Gasteiger partial charge >= 0.3 is 0 Å². The first-order chi connectivity index (χ1) is 10.1. The highest BCUT2D eigenvalue weighted by Gasteiger charge is 2.13. The molecule has 0 spiro atoms. The zero-order valence-electron chi connectivity index (χ0n) is 12.5. The Bertz CT molecular complexity index is 522. The fourth-order valence-electron chi connectivity index (χ4n) is 2.48. The van der Waals surface area contributed by atoms with Crippen molar-refractivity contribution in [1.82, 2.24) is 10.0 Å². The molecule has 21 heavy (non-hydrogen) atoms. The molecule has 1 saturated heterocycles. The summed E-state index contributed by atoms with van der Waals surface area (Å²) in [7, 11) is -3.38. The molecule has 1 unspecified atom stereocenters. The second-order valence-electron chi connectivity index (χ2n) is 5.26. The van der Waals surface area contributed by atoms with E-state index in [1.165, 1.54) is 19.3 Å². The van der Waals surface area contributed by atoms with Gasteiger partial charge < -0.3 is 10.1 Å². The summed E-state index contributed by atoms with van der Waals surface area (Å²) in [6.07, 6.45) is 4.74. The molecule has 118 valence electrons. The standard InChI is InChI=1S/C15H24N2O3S/c1-2-17-21(18,19)15-8-6-14(7-9-15)20-12-10-13-5-3-4-11-16-13/h6-9,13,16-17H,2-5,10-12H2,1H3. The van der Waals surface area contributed by atoms with Gasteiger partial charge in [0.05, 0.1) is 11.5 Å². The number of piperidine rings is 1. The first kappa shape index (κ1) is 16.3. The van der Waals surface area contributed by atoms with Crippen molar-refractivity contribution in [3.8, 4) is 5.75 Å². The summed E-state index contributed by atoms with van der Waals surface area (Å²) in [5, 5.41) is 3.48. The Kier molecular flexibility index (Phi) is 6.02. The van der Waals surface area contributed by atoms with E-state index in [1.54, 1.807) is 31.2 Å². The monoisotopic (exact) mass is 312 g/mol. The summed E-state index contributed by atoms with van der Waals surface area (Å²) in [5.74, 6) is 0.709. The lowest BCUT2D eigenvalue weighted by Gasteiger charge is -2.23. The van der Waals surface area contributed by atoms with Crippen LogP contribution in [-0.4, -0.2) is 34.2 Å². The summed E-state index contributed by atoms with van der Waals surface area (Å²) in [5.41, 5.74) is 0. The van der Waals surface area contributed by atoms with Crippen LogP contribution in [0.3, 0.4) is 0 Å². The molecule has 1 heterocycles. The summed E-state index contributed by atoms with van der Waals surface area (Å²) < 4.78 is 31.8. The molecule has 0 aliphatic carbocycles. The Balaban J connectivity index is 1.82. The number of rotatable bonds is 7. The van der Waals surface area contributed by atoms with E-state index in [-0.39, 0.29) is 4.90 Å². The topological polar surface area (TPSA) is 67.4 Å². The van der Waals surface area contributed by atoms with Crippen molar-refractivity contribution < 1.29 is 13.2 Å². The molecular weight excluding hydrogens is 288 g/mol. The van der Waals surface area contributed by atoms with Gasteiger partial charge in [0.2, 0.25) is 10.0 Å². The van der Waals surface area contributed by atoms with E-state index in [2.05, 4.69) is 10.0 Å². The van der Waals surface area contributed by atoms with Crippen molar-refractivity contribution in [2.45, 2.75) is 43.5 Å². The minimum Gasteiger partial charge on any atom is -0.494 e. The van der Waals surface area contributed by atoms with Crippen molar-refractivity contribution in [3.63, 3.8) is 0 Å². The van der Waals surface area contributed by atoms with Gasteiger partial charge in [-0.2, -0.15) is 0 Å². The average molecular weight is 312 g/mol. The largest absolute Gasteiger partial charge is 0.494 e. The predicted molar refractivity (Wildman–Crippen MR) is 83.1 cm³/mol. The number of nitrogens with one attached hydrogen (secondary N) is 2. The number of sulfonamides is 1. The van der Waals surface area contributed by atoms with Crippen LogP contribution in [0.1, 0.15) is 32.6 Å². The molecule has 6 heteroatoms. The normalized spacial score (nSPS) is 19.4. The molecule has 1 atom stereocenters. The number of hydrogen-bond donors (Lipinski definition) is 2. The molecule has 1 aromatic carbocycles. The van der Waals surface area contributed by atoms with E-state index in [1.807, 2.05) is 0 Å². The Morgan fingerprint density at radius 3 is 2.67 bits per heavy atom. The lowest BCUT2D eigenvalue weighted by molar-refractivity contribution is 0.268. The molecule has 1 aromatic rings. The Morgan fingerprint density at radius 2 is 2.05 bits per heavy atom. The highest BCUT2D eigenvalue weighted by atomic mass is 32.2. The molecule has 0 saturated carbocycles. The van der Waals surface area contributed by atoms with Crippen LogP contribution < -0.4 is 14.8 Å². The van der Waals surface area contributed by atoms with Crippen LogP contribution in [0.5, 0.6) is 5.75 Å². The summed E-state index contributed by atoms with van der Waals surface area (Å²) in [6.45, 7) is 3.89.